The van der Waals surface area contributed by atoms with Crippen LogP contribution in [0.3, 0.4) is 0 Å². The number of rotatable bonds is 5. The molecule has 0 spiro atoms. The second-order valence-corrected chi connectivity index (χ2v) is 3.79. The van der Waals surface area contributed by atoms with E-state index in [1.165, 1.54) is 7.11 Å². The molecule has 1 rings (SSSR count). The zero-order valence-electron chi connectivity index (χ0n) is 9.46. The summed E-state index contributed by atoms with van der Waals surface area (Å²) in [5, 5.41) is 0.671. The van der Waals surface area contributed by atoms with E-state index in [-0.39, 0.29) is 5.97 Å². The van der Waals surface area contributed by atoms with Crippen LogP contribution < -0.4 is 4.74 Å². The molecule has 0 aliphatic carbocycles. The molecule has 0 aromatic heterocycles. The van der Waals surface area contributed by atoms with E-state index in [1.54, 1.807) is 13.2 Å². The Morgan fingerprint density at radius 3 is 2.69 bits per heavy atom. The van der Waals surface area contributed by atoms with E-state index in [1.807, 2.05) is 12.1 Å². The van der Waals surface area contributed by atoms with Gasteiger partial charge in [-0.05, 0) is 30.5 Å². The number of carbonyl (C=O) groups excluding carboxylic acids is 1. The predicted molar refractivity (Wildman–Crippen MR) is 63.0 cm³/mol. The van der Waals surface area contributed by atoms with E-state index >= 15 is 0 Å². The monoisotopic (exact) mass is 242 g/mol. The first-order chi connectivity index (χ1) is 7.67. The quantitative estimate of drug-likeness (QED) is 0.745. The number of methoxy groups -OCH3 is 2. The lowest BCUT2D eigenvalue weighted by molar-refractivity contribution is -0.140. The third-order valence-corrected chi connectivity index (χ3v) is 2.67. The molecule has 0 bridgehead atoms. The van der Waals surface area contributed by atoms with Crippen molar-refractivity contribution in [3.05, 3.63) is 28.8 Å². The van der Waals surface area contributed by atoms with Crippen LogP contribution >= 0.6 is 11.6 Å². The van der Waals surface area contributed by atoms with Crippen LogP contribution in [0.4, 0.5) is 0 Å². The smallest absolute Gasteiger partial charge is 0.305 e. The topological polar surface area (TPSA) is 35.5 Å². The largest absolute Gasteiger partial charge is 0.497 e. The van der Waals surface area contributed by atoms with Gasteiger partial charge in [0.25, 0.3) is 0 Å². The molecule has 3 nitrogen and oxygen atoms in total. The highest BCUT2D eigenvalue weighted by molar-refractivity contribution is 6.31. The second kappa shape index (κ2) is 6.38. The molecule has 4 heteroatoms. The van der Waals surface area contributed by atoms with Gasteiger partial charge in [0, 0.05) is 11.4 Å². The molecule has 0 saturated carbocycles. The normalized spacial score (nSPS) is 9.94. The van der Waals surface area contributed by atoms with Gasteiger partial charge >= 0.3 is 5.97 Å². The maximum Gasteiger partial charge on any atom is 0.305 e. The van der Waals surface area contributed by atoms with Gasteiger partial charge in [-0.15, -0.1) is 0 Å². The van der Waals surface area contributed by atoms with Crippen LogP contribution in [0.5, 0.6) is 5.75 Å². The minimum atomic E-state index is -0.190. The van der Waals surface area contributed by atoms with E-state index in [0.29, 0.717) is 11.4 Å². The van der Waals surface area contributed by atoms with E-state index in [2.05, 4.69) is 4.74 Å². The highest BCUT2D eigenvalue weighted by Gasteiger charge is 2.04. The summed E-state index contributed by atoms with van der Waals surface area (Å²) in [6, 6.07) is 5.55. The predicted octanol–water partition coefficient (Wildman–Crippen LogP) is 2.84. The number of ether oxygens (including phenoxy) is 2. The summed E-state index contributed by atoms with van der Waals surface area (Å²) in [6.07, 6.45) is 1.91. The van der Waals surface area contributed by atoms with Crippen molar-refractivity contribution in [3.63, 3.8) is 0 Å². The first kappa shape index (κ1) is 12.8. The van der Waals surface area contributed by atoms with Crippen molar-refractivity contribution >= 4 is 17.6 Å². The summed E-state index contributed by atoms with van der Waals surface area (Å²) in [7, 11) is 2.99. The van der Waals surface area contributed by atoms with Crippen LogP contribution in [0, 0.1) is 0 Å². The molecular formula is C12H15ClO3. The Bertz CT molecular complexity index is 363. The molecule has 0 heterocycles. The molecule has 16 heavy (non-hydrogen) atoms. The molecule has 0 aliphatic heterocycles. The van der Waals surface area contributed by atoms with Crippen molar-refractivity contribution in [3.8, 4) is 5.75 Å². The molecular weight excluding hydrogens is 228 g/mol. The minimum Gasteiger partial charge on any atom is -0.497 e. The summed E-state index contributed by atoms with van der Waals surface area (Å²) in [5.74, 6) is 0.548. The molecule has 1 aromatic rings. The number of aryl methyl sites for hydroxylation is 1. The van der Waals surface area contributed by atoms with Gasteiger partial charge in [0.05, 0.1) is 14.2 Å². The van der Waals surface area contributed by atoms with E-state index < -0.39 is 0 Å². The lowest BCUT2D eigenvalue weighted by Gasteiger charge is -2.06. The number of benzene rings is 1. The molecule has 0 atom stereocenters. The standard InChI is InChI=1S/C12H15ClO3/c1-15-10-7-6-9(11(13)8-10)4-3-5-12(14)16-2/h6-8H,3-5H2,1-2H3. The fourth-order valence-electron chi connectivity index (χ4n) is 1.38. The van der Waals surface area contributed by atoms with Crippen LogP contribution in [0.1, 0.15) is 18.4 Å². The first-order valence-corrected chi connectivity index (χ1v) is 5.44. The third kappa shape index (κ3) is 3.74. The van der Waals surface area contributed by atoms with Crippen LogP contribution in [-0.4, -0.2) is 20.2 Å². The summed E-state index contributed by atoms with van der Waals surface area (Å²) < 4.78 is 9.61. The Balaban J connectivity index is 2.51. The summed E-state index contributed by atoms with van der Waals surface area (Å²) in [6.45, 7) is 0. The van der Waals surface area contributed by atoms with Crippen molar-refractivity contribution in [2.75, 3.05) is 14.2 Å². The average molecular weight is 243 g/mol. The van der Waals surface area contributed by atoms with Gasteiger partial charge in [-0.3, -0.25) is 4.79 Å². The van der Waals surface area contributed by atoms with Gasteiger partial charge in [0.2, 0.25) is 0 Å². The van der Waals surface area contributed by atoms with Crippen molar-refractivity contribution < 1.29 is 14.3 Å². The third-order valence-electron chi connectivity index (χ3n) is 2.31. The number of esters is 1. The molecule has 0 fully saturated rings. The van der Waals surface area contributed by atoms with Gasteiger partial charge in [-0.2, -0.15) is 0 Å². The lowest BCUT2D eigenvalue weighted by atomic mass is 10.1. The van der Waals surface area contributed by atoms with Crippen LogP contribution in [0.2, 0.25) is 5.02 Å². The molecule has 0 saturated heterocycles. The van der Waals surface area contributed by atoms with Crippen molar-refractivity contribution in [2.45, 2.75) is 19.3 Å². The van der Waals surface area contributed by atoms with Crippen molar-refractivity contribution in [2.24, 2.45) is 0 Å². The Kier molecular flexibility index (Phi) is 5.12. The molecule has 1 aromatic carbocycles. The Labute approximate surface area is 100 Å². The molecule has 0 aliphatic rings. The number of halogens is 1. The van der Waals surface area contributed by atoms with E-state index in [9.17, 15) is 4.79 Å². The molecule has 0 amide bonds. The maximum absolute atomic E-state index is 10.9. The van der Waals surface area contributed by atoms with E-state index in [4.69, 9.17) is 16.3 Å². The first-order valence-electron chi connectivity index (χ1n) is 5.06. The summed E-state index contributed by atoms with van der Waals surface area (Å²) in [5.41, 5.74) is 1.02. The van der Waals surface area contributed by atoms with Gasteiger partial charge in [0.1, 0.15) is 5.75 Å². The maximum atomic E-state index is 10.9. The highest BCUT2D eigenvalue weighted by atomic mass is 35.5. The van der Waals surface area contributed by atoms with Crippen molar-refractivity contribution in [1.29, 1.82) is 0 Å². The zero-order chi connectivity index (χ0) is 12.0. The van der Waals surface area contributed by atoms with E-state index in [0.717, 1.165) is 24.2 Å². The molecule has 0 N–H and O–H groups in total. The Morgan fingerprint density at radius 2 is 2.12 bits per heavy atom. The Morgan fingerprint density at radius 1 is 1.38 bits per heavy atom. The van der Waals surface area contributed by atoms with Gasteiger partial charge in [-0.1, -0.05) is 17.7 Å². The zero-order valence-corrected chi connectivity index (χ0v) is 10.2. The minimum absolute atomic E-state index is 0.190. The second-order valence-electron chi connectivity index (χ2n) is 3.39. The number of hydrogen-bond donors (Lipinski definition) is 0. The van der Waals surface area contributed by atoms with Crippen molar-refractivity contribution in [1.82, 2.24) is 0 Å². The fourth-order valence-corrected chi connectivity index (χ4v) is 1.65. The number of hydrogen-bond acceptors (Lipinski definition) is 3. The Hall–Kier alpha value is -1.22. The molecule has 88 valence electrons. The lowest BCUT2D eigenvalue weighted by Crippen LogP contribution is -2.00. The molecule has 0 unspecified atom stereocenters. The fraction of sp³-hybridized carbons (Fsp3) is 0.417. The van der Waals surface area contributed by atoms with Gasteiger partial charge < -0.3 is 9.47 Å². The highest BCUT2D eigenvalue weighted by Crippen LogP contribution is 2.23. The number of carbonyl (C=O) groups is 1. The van der Waals surface area contributed by atoms with Crippen LogP contribution in [0.25, 0.3) is 0 Å². The van der Waals surface area contributed by atoms with Crippen LogP contribution in [0.15, 0.2) is 18.2 Å². The van der Waals surface area contributed by atoms with Crippen LogP contribution in [-0.2, 0) is 16.0 Å². The summed E-state index contributed by atoms with van der Waals surface area (Å²) >= 11 is 6.06. The molecule has 0 radical (unpaired) electrons. The van der Waals surface area contributed by atoms with Gasteiger partial charge in [0.15, 0.2) is 0 Å². The van der Waals surface area contributed by atoms with Gasteiger partial charge in [-0.25, -0.2) is 0 Å². The average Bonchev–Trinajstić information content (AvgIpc) is 2.30. The SMILES string of the molecule is COC(=O)CCCc1ccc(OC)cc1Cl. The summed E-state index contributed by atoms with van der Waals surface area (Å²) in [4.78, 5) is 10.9.